The third-order valence-electron chi connectivity index (χ3n) is 2.95. The Balaban J connectivity index is 2.02. The molecule has 0 N–H and O–H groups in total. The predicted octanol–water partition coefficient (Wildman–Crippen LogP) is 2.15. The van der Waals surface area contributed by atoms with Crippen molar-refractivity contribution in [1.82, 2.24) is 9.55 Å². The van der Waals surface area contributed by atoms with E-state index in [0.29, 0.717) is 0 Å². The largest absolute Gasteiger partial charge is 0.421 e. The number of ketones is 1. The minimum atomic E-state index is -0.852. The van der Waals surface area contributed by atoms with Crippen LogP contribution in [0.25, 0.3) is 11.2 Å². The number of Topliss-reactive ketones (excluding diaryl/α,β-unsaturated/α-hetero) is 1. The summed E-state index contributed by atoms with van der Waals surface area (Å²) in [7, 11) is 0. The van der Waals surface area contributed by atoms with Gasteiger partial charge in [-0.05, 0) is 30.3 Å². The van der Waals surface area contributed by atoms with Crippen LogP contribution in [0.3, 0.4) is 0 Å². The average Bonchev–Trinajstić information content (AvgIpc) is 2.78. The molecule has 0 unspecified atom stereocenters. The van der Waals surface area contributed by atoms with Gasteiger partial charge in [0, 0.05) is 6.20 Å². The summed E-state index contributed by atoms with van der Waals surface area (Å²) in [6.07, 6.45) is 1.43. The Kier molecular flexibility index (Phi) is 3.09. The summed E-state index contributed by atoms with van der Waals surface area (Å²) in [5, 5.41) is 0. The van der Waals surface area contributed by atoms with E-state index in [9.17, 15) is 18.4 Å². The van der Waals surface area contributed by atoms with Crippen molar-refractivity contribution in [3.63, 3.8) is 0 Å². The molecule has 0 aliphatic carbocycles. The second-order valence-electron chi connectivity index (χ2n) is 4.33. The van der Waals surface area contributed by atoms with E-state index >= 15 is 0 Å². The molecule has 3 aromatic rings. The number of hydrogen-bond acceptors (Lipinski definition) is 4. The zero-order valence-corrected chi connectivity index (χ0v) is 10.5. The second-order valence-corrected chi connectivity index (χ2v) is 4.33. The molecule has 0 saturated carbocycles. The number of aromatic nitrogens is 2. The maximum Gasteiger partial charge on any atom is 0.421 e. The molecule has 1 aromatic carbocycles. The maximum atomic E-state index is 13.5. The van der Waals surface area contributed by atoms with E-state index in [2.05, 4.69) is 4.98 Å². The van der Waals surface area contributed by atoms with Gasteiger partial charge in [0.15, 0.2) is 17.0 Å². The Morgan fingerprint density at radius 2 is 2.10 bits per heavy atom. The van der Waals surface area contributed by atoms with Crippen LogP contribution in [0.4, 0.5) is 8.78 Å². The van der Waals surface area contributed by atoms with E-state index in [4.69, 9.17) is 4.42 Å². The molecule has 3 rings (SSSR count). The van der Waals surface area contributed by atoms with Crippen molar-refractivity contribution in [3.8, 4) is 0 Å². The summed E-state index contributed by atoms with van der Waals surface area (Å²) in [5.74, 6) is -3.12. The van der Waals surface area contributed by atoms with Crippen molar-refractivity contribution in [1.29, 1.82) is 0 Å². The van der Waals surface area contributed by atoms with Crippen LogP contribution in [-0.4, -0.2) is 15.3 Å². The van der Waals surface area contributed by atoms with Crippen molar-refractivity contribution < 1.29 is 18.0 Å². The van der Waals surface area contributed by atoms with Gasteiger partial charge >= 0.3 is 5.76 Å². The standard InChI is InChI=1S/C14H8F2N2O3/c15-8-3-4-10(16)9(6-8)11(19)7-18-13-12(21-14(18)20)2-1-5-17-13/h1-6H,7H2. The molecular weight excluding hydrogens is 282 g/mol. The fraction of sp³-hybridized carbons (Fsp3) is 0.0714. The van der Waals surface area contributed by atoms with E-state index in [0.717, 1.165) is 22.8 Å². The number of carbonyl (C=O) groups is 1. The number of fused-ring (bicyclic) bond motifs is 1. The summed E-state index contributed by atoms with van der Waals surface area (Å²) in [6, 6.07) is 5.65. The zero-order chi connectivity index (χ0) is 15.0. The Bertz CT molecular complexity index is 899. The molecule has 0 spiro atoms. The highest BCUT2D eigenvalue weighted by Gasteiger charge is 2.17. The molecule has 0 saturated heterocycles. The molecule has 5 nitrogen and oxygen atoms in total. The molecule has 106 valence electrons. The lowest BCUT2D eigenvalue weighted by molar-refractivity contribution is 0.0966. The van der Waals surface area contributed by atoms with Crippen LogP contribution in [0.15, 0.2) is 45.7 Å². The fourth-order valence-electron chi connectivity index (χ4n) is 1.98. The number of nitrogens with zero attached hydrogens (tertiary/aromatic N) is 2. The van der Waals surface area contributed by atoms with Crippen molar-refractivity contribution in [2.24, 2.45) is 0 Å². The van der Waals surface area contributed by atoms with Gasteiger partial charge in [-0.15, -0.1) is 0 Å². The topological polar surface area (TPSA) is 65.1 Å². The second kappa shape index (κ2) is 4.93. The van der Waals surface area contributed by atoms with Crippen LogP contribution >= 0.6 is 0 Å². The minimum Gasteiger partial charge on any atom is -0.406 e. The molecule has 0 fully saturated rings. The number of benzene rings is 1. The van der Waals surface area contributed by atoms with Gasteiger partial charge in [0.05, 0.1) is 12.1 Å². The number of halogens is 2. The first-order chi connectivity index (χ1) is 10.1. The molecule has 21 heavy (non-hydrogen) atoms. The first kappa shape index (κ1) is 13.2. The predicted molar refractivity (Wildman–Crippen MR) is 69.0 cm³/mol. The maximum absolute atomic E-state index is 13.5. The Morgan fingerprint density at radius 1 is 1.29 bits per heavy atom. The highest BCUT2D eigenvalue weighted by Crippen LogP contribution is 2.13. The molecular formula is C14H8F2N2O3. The molecule has 2 aromatic heterocycles. The van der Waals surface area contributed by atoms with Gasteiger partial charge in [0.25, 0.3) is 0 Å². The van der Waals surface area contributed by atoms with Crippen LogP contribution < -0.4 is 5.76 Å². The van der Waals surface area contributed by atoms with Gasteiger partial charge < -0.3 is 4.42 Å². The molecule has 0 bridgehead atoms. The smallest absolute Gasteiger partial charge is 0.406 e. The number of carbonyl (C=O) groups excluding carboxylic acids is 1. The molecule has 0 amide bonds. The van der Waals surface area contributed by atoms with Crippen LogP contribution in [0, 0.1) is 11.6 Å². The summed E-state index contributed by atoms with van der Waals surface area (Å²) < 4.78 is 32.5. The zero-order valence-electron chi connectivity index (χ0n) is 10.5. The van der Waals surface area contributed by atoms with Crippen molar-refractivity contribution >= 4 is 17.0 Å². The van der Waals surface area contributed by atoms with E-state index in [1.807, 2.05) is 0 Å². The van der Waals surface area contributed by atoms with Gasteiger partial charge in [-0.25, -0.2) is 18.6 Å². The van der Waals surface area contributed by atoms with Gasteiger partial charge in [-0.1, -0.05) is 0 Å². The summed E-state index contributed by atoms with van der Waals surface area (Å²) in [4.78, 5) is 27.7. The Morgan fingerprint density at radius 3 is 2.90 bits per heavy atom. The highest BCUT2D eigenvalue weighted by molar-refractivity contribution is 5.96. The van der Waals surface area contributed by atoms with Crippen molar-refractivity contribution in [2.45, 2.75) is 6.54 Å². The van der Waals surface area contributed by atoms with Gasteiger partial charge in [0.2, 0.25) is 0 Å². The lowest BCUT2D eigenvalue weighted by Gasteiger charge is -2.03. The number of rotatable bonds is 3. The van der Waals surface area contributed by atoms with Crippen molar-refractivity contribution in [2.75, 3.05) is 0 Å². The Hall–Kier alpha value is -2.83. The lowest BCUT2D eigenvalue weighted by atomic mass is 10.1. The van der Waals surface area contributed by atoms with Crippen LogP contribution in [0.2, 0.25) is 0 Å². The third-order valence-corrected chi connectivity index (χ3v) is 2.95. The van der Waals surface area contributed by atoms with E-state index in [1.54, 1.807) is 6.07 Å². The highest BCUT2D eigenvalue weighted by atomic mass is 19.1. The average molecular weight is 290 g/mol. The molecule has 0 aliphatic heterocycles. The Labute approximate surface area is 116 Å². The minimum absolute atomic E-state index is 0.174. The molecule has 0 radical (unpaired) electrons. The van der Waals surface area contributed by atoms with Gasteiger partial charge in [-0.2, -0.15) is 0 Å². The number of hydrogen-bond donors (Lipinski definition) is 0. The SMILES string of the molecule is O=C(Cn1c(=O)oc2cccnc21)c1cc(F)ccc1F. The molecule has 7 heteroatoms. The molecule has 0 atom stereocenters. The summed E-state index contributed by atoms with van der Waals surface area (Å²) >= 11 is 0. The summed E-state index contributed by atoms with van der Waals surface area (Å²) in [5.41, 5.74) is -0.0325. The first-order valence-electron chi connectivity index (χ1n) is 5.99. The number of pyridine rings is 1. The van der Waals surface area contributed by atoms with Gasteiger partial charge in [0.1, 0.15) is 11.6 Å². The van der Waals surface area contributed by atoms with Crippen LogP contribution in [0.1, 0.15) is 10.4 Å². The lowest BCUT2D eigenvalue weighted by Crippen LogP contribution is -2.21. The first-order valence-corrected chi connectivity index (χ1v) is 5.99. The monoisotopic (exact) mass is 290 g/mol. The number of oxazole rings is 1. The van der Waals surface area contributed by atoms with Crippen LogP contribution in [0.5, 0.6) is 0 Å². The molecule has 2 heterocycles. The molecule has 0 aliphatic rings. The van der Waals surface area contributed by atoms with E-state index < -0.39 is 35.3 Å². The fourth-order valence-corrected chi connectivity index (χ4v) is 1.98. The van der Waals surface area contributed by atoms with E-state index in [-0.39, 0.29) is 11.2 Å². The quantitative estimate of drug-likeness (QED) is 0.693. The third kappa shape index (κ3) is 2.33. The summed E-state index contributed by atoms with van der Waals surface area (Å²) in [6.45, 7) is -0.483. The van der Waals surface area contributed by atoms with Crippen molar-refractivity contribution in [3.05, 3.63) is 64.3 Å². The van der Waals surface area contributed by atoms with Crippen LogP contribution in [-0.2, 0) is 6.54 Å². The van der Waals surface area contributed by atoms with Gasteiger partial charge in [-0.3, -0.25) is 9.36 Å². The normalized spacial score (nSPS) is 11.0. The van der Waals surface area contributed by atoms with E-state index in [1.165, 1.54) is 12.3 Å².